The predicted molar refractivity (Wildman–Crippen MR) is 125 cm³/mol. The van der Waals surface area contributed by atoms with Crippen LogP contribution in [0.5, 0.6) is 0 Å². The monoisotopic (exact) mass is 424 g/mol. The van der Waals surface area contributed by atoms with E-state index in [4.69, 9.17) is 0 Å². The van der Waals surface area contributed by atoms with E-state index >= 15 is 0 Å². The van der Waals surface area contributed by atoms with Crippen molar-refractivity contribution in [1.29, 1.82) is 0 Å². The van der Waals surface area contributed by atoms with Crippen molar-refractivity contribution in [3.63, 3.8) is 0 Å². The molecule has 3 nitrogen and oxygen atoms in total. The maximum atomic E-state index is 10.2. The van der Waals surface area contributed by atoms with Crippen LogP contribution >= 0.6 is 12.4 Å². The Hall–Kier alpha value is -0.0900. The summed E-state index contributed by atoms with van der Waals surface area (Å²) in [6, 6.07) is 0.770. The number of aliphatic hydroxyl groups is 1. The number of aliphatic hydroxyl groups excluding tert-OH is 1. The first kappa shape index (κ1) is 23.6. The van der Waals surface area contributed by atoms with Crippen LogP contribution in [-0.4, -0.2) is 61.3 Å². The molecule has 0 aromatic carbocycles. The number of nitrogens with zero attached hydrogens (tertiary/aromatic N) is 2. The lowest BCUT2D eigenvalue weighted by Gasteiger charge is -2.58. The van der Waals surface area contributed by atoms with Gasteiger partial charge in [0.05, 0.1) is 6.10 Å². The van der Waals surface area contributed by atoms with Crippen LogP contribution in [0.3, 0.4) is 0 Å². The highest BCUT2D eigenvalue weighted by molar-refractivity contribution is 5.85. The van der Waals surface area contributed by atoms with E-state index in [9.17, 15) is 5.11 Å². The topological polar surface area (TPSA) is 26.7 Å². The molecule has 7 atom stereocenters. The molecule has 0 bridgehead atoms. The molecule has 4 rings (SSSR count). The predicted octanol–water partition coefficient (Wildman–Crippen LogP) is 4.98. The van der Waals surface area contributed by atoms with Crippen LogP contribution in [-0.2, 0) is 0 Å². The van der Waals surface area contributed by atoms with Crippen LogP contribution in [0.2, 0.25) is 0 Å². The second kappa shape index (κ2) is 8.81. The molecule has 4 aliphatic rings. The van der Waals surface area contributed by atoms with E-state index in [0.717, 1.165) is 36.6 Å². The molecule has 0 saturated heterocycles. The van der Waals surface area contributed by atoms with Crippen LogP contribution in [0.4, 0.5) is 0 Å². The van der Waals surface area contributed by atoms with Gasteiger partial charge in [0.15, 0.2) is 0 Å². The van der Waals surface area contributed by atoms with E-state index in [0.29, 0.717) is 10.8 Å². The van der Waals surface area contributed by atoms with Crippen LogP contribution in [0, 0.1) is 28.6 Å². The van der Waals surface area contributed by atoms with E-state index in [1.54, 1.807) is 5.57 Å². The minimum atomic E-state index is -0.0867. The third kappa shape index (κ3) is 4.06. The van der Waals surface area contributed by atoms with Crippen LogP contribution in [0.15, 0.2) is 11.6 Å². The molecule has 0 radical (unpaired) electrons. The van der Waals surface area contributed by atoms with Gasteiger partial charge < -0.3 is 14.9 Å². The molecule has 168 valence electrons. The van der Waals surface area contributed by atoms with Gasteiger partial charge >= 0.3 is 0 Å². The van der Waals surface area contributed by atoms with Gasteiger partial charge in [-0.05, 0) is 121 Å². The van der Waals surface area contributed by atoms with Gasteiger partial charge in [-0.1, -0.05) is 25.5 Å². The molecule has 0 spiro atoms. The molecule has 4 heteroatoms. The van der Waals surface area contributed by atoms with Gasteiger partial charge in [-0.3, -0.25) is 0 Å². The Balaban J connectivity index is 0.00000240. The number of halogens is 1. The molecule has 29 heavy (non-hydrogen) atoms. The molecule has 0 amide bonds. The van der Waals surface area contributed by atoms with Gasteiger partial charge in [-0.25, -0.2) is 0 Å². The largest absolute Gasteiger partial charge is 0.393 e. The third-order valence-corrected chi connectivity index (χ3v) is 9.68. The first-order chi connectivity index (χ1) is 13.3. The molecular formula is C25H45ClN2O. The summed E-state index contributed by atoms with van der Waals surface area (Å²) in [6.45, 7) is 7.61. The highest BCUT2D eigenvalue weighted by atomic mass is 35.5. The summed E-state index contributed by atoms with van der Waals surface area (Å²) in [5, 5.41) is 10.2. The zero-order valence-electron chi connectivity index (χ0n) is 19.5. The zero-order valence-corrected chi connectivity index (χ0v) is 20.3. The minimum Gasteiger partial charge on any atom is -0.393 e. The van der Waals surface area contributed by atoms with Crippen molar-refractivity contribution in [1.82, 2.24) is 9.80 Å². The van der Waals surface area contributed by atoms with Gasteiger partial charge in [0.2, 0.25) is 0 Å². The lowest BCUT2D eigenvalue weighted by atomic mass is 9.48. The first-order valence-corrected chi connectivity index (χ1v) is 12.0. The molecule has 4 aliphatic carbocycles. The number of fused-ring (bicyclic) bond motifs is 5. The third-order valence-electron chi connectivity index (χ3n) is 9.68. The number of hydrogen-bond acceptors (Lipinski definition) is 3. The Labute approximate surface area is 185 Å². The second-order valence-corrected chi connectivity index (χ2v) is 11.4. The average Bonchev–Trinajstić information content (AvgIpc) is 2.99. The van der Waals surface area contributed by atoms with Crippen molar-refractivity contribution < 1.29 is 5.11 Å². The van der Waals surface area contributed by atoms with E-state index in [1.807, 2.05) is 0 Å². The molecule has 3 fully saturated rings. The molecule has 0 heterocycles. The van der Waals surface area contributed by atoms with Crippen LogP contribution < -0.4 is 0 Å². The average molecular weight is 425 g/mol. The fourth-order valence-electron chi connectivity index (χ4n) is 8.13. The Morgan fingerprint density at radius 3 is 2.48 bits per heavy atom. The number of allylic oxidation sites excluding steroid dienone is 1. The van der Waals surface area contributed by atoms with Crippen molar-refractivity contribution >= 4 is 12.4 Å². The smallest absolute Gasteiger partial charge is 0.0577 e. The normalized spacial score (nSPS) is 44.0. The van der Waals surface area contributed by atoms with Gasteiger partial charge in [0, 0.05) is 6.04 Å². The van der Waals surface area contributed by atoms with E-state index in [1.165, 1.54) is 58.0 Å². The summed E-state index contributed by atoms with van der Waals surface area (Å²) < 4.78 is 0. The second-order valence-electron chi connectivity index (χ2n) is 11.4. The van der Waals surface area contributed by atoms with Gasteiger partial charge in [-0.2, -0.15) is 0 Å². The van der Waals surface area contributed by atoms with E-state index < -0.39 is 0 Å². The maximum absolute atomic E-state index is 10.2. The van der Waals surface area contributed by atoms with Crippen molar-refractivity contribution in [2.75, 3.05) is 34.2 Å². The van der Waals surface area contributed by atoms with Gasteiger partial charge in [-0.15, -0.1) is 12.4 Å². The SMILES string of the molecule is CN(C)CCCN(C)[C@H]1CC[C@H]2[C@@H]3CC=C4CC(O)CC[C@]4(C)[C@H]3CC[C@]12C.Cl. The number of hydrogen-bond donors (Lipinski definition) is 1. The fourth-order valence-corrected chi connectivity index (χ4v) is 8.13. The molecule has 0 aliphatic heterocycles. The van der Waals surface area contributed by atoms with E-state index in [-0.39, 0.29) is 18.5 Å². The van der Waals surface area contributed by atoms with Crippen molar-refractivity contribution in [3.8, 4) is 0 Å². The van der Waals surface area contributed by atoms with Crippen molar-refractivity contribution in [2.24, 2.45) is 28.6 Å². The fraction of sp³-hybridized carbons (Fsp3) is 0.920. The Kier molecular flexibility index (Phi) is 7.16. The quantitative estimate of drug-likeness (QED) is 0.630. The molecule has 1 N–H and O–H groups in total. The van der Waals surface area contributed by atoms with Crippen LogP contribution in [0.25, 0.3) is 0 Å². The van der Waals surface area contributed by atoms with E-state index in [2.05, 4.69) is 50.9 Å². The summed E-state index contributed by atoms with van der Waals surface area (Å²) in [6.07, 6.45) is 13.8. The van der Waals surface area contributed by atoms with Gasteiger partial charge in [0.25, 0.3) is 0 Å². The molecule has 0 aromatic rings. The Morgan fingerprint density at radius 2 is 1.76 bits per heavy atom. The summed E-state index contributed by atoms with van der Waals surface area (Å²) in [7, 11) is 6.76. The van der Waals surface area contributed by atoms with Crippen molar-refractivity contribution in [3.05, 3.63) is 11.6 Å². The standard InChI is InChI=1S/C25H44N2O.ClH/c1-24-13-11-19(28)17-18(24)7-8-20-21-9-10-23(25(21,2)14-12-22(20)24)27(5)16-6-15-26(3)4;/h7,19-23,28H,6,8-17H2,1-5H3;1H/t19?,20-,21-,22-,23-,24-,25-;/m0./s1. The molecule has 0 aromatic heterocycles. The first-order valence-electron chi connectivity index (χ1n) is 12.0. The molecular weight excluding hydrogens is 380 g/mol. The summed E-state index contributed by atoms with van der Waals surface area (Å²) in [5.74, 6) is 2.63. The Bertz CT molecular complexity index is 608. The lowest BCUT2D eigenvalue weighted by Crippen LogP contribution is -2.53. The summed E-state index contributed by atoms with van der Waals surface area (Å²) in [4.78, 5) is 5.03. The molecule has 1 unspecified atom stereocenters. The summed E-state index contributed by atoms with van der Waals surface area (Å²) >= 11 is 0. The maximum Gasteiger partial charge on any atom is 0.0577 e. The Morgan fingerprint density at radius 1 is 1.00 bits per heavy atom. The van der Waals surface area contributed by atoms with Crippen molar-refractivity contribution in [2.45, 2.75) is 83.8 Å². The minimum absolute atomic E-state index is 0. The zero-order chi connectivity index (χ0) is 20.1. The highest BCUT2D eigenvalue weighted by Gasteiger charge is 2.59. The molecule has 3 saturated carbocycles. The van der Waals surface area contributed by atoms with Crippen LogP contribution in [0.1, 0.15) is 71.6 Å². The lowest BCUT2D eigenvalue weighted by molar-refractivity contribution is -0.0565. The number of rotatable bonds is 5. The highest BCUT2D eigenvalue weighted by Crippen LogP contribution is 2.65. The summed E-state index contributed by atoms with van der Waals surface area (Å²) in [5.41, 5.74) is 2.48. The van der Waals surface area contributed by atoms with Gasteiger partial charge in [0.1, 0.15) is 0 Å².